The number of carbonyl (C=O) groups excluding carboxylic acids is 1. The third-order valence-corrected chi connectivity index (χ3v) is 5.77. The van der Waals surface area contributed by atoms with Crippen molar-refractivity contribution in [2.45, 2.75) is 32.0 Å². The Morgan fingerprint density at radius 2 is 1.90 bits per heavy atom. The van der Waals surface area contributed by atoms with E-state index in [2.05, 4.69) is 44.9 Å². The Labute approximate surface area is 178 Å². The number of nitrogen functional groups attached to an aromatic ring is 1. The number of amides is 1. The predicted octanol–water partition coefficient (Wildman–Crippen LogP) is 2.92. The fraction of sp³-hybridized carbons (Fsp3) is 0.238. The van der Waals surface area contributed by atoms with Crippen molar-refractivity contribution in [2.24, 2.45) is 0 Å². The molecule has 2 aromatic carbocycles. The Balaban J connectivity index is 1.39. The van der Waals surface area contributed by atoms with Crippen molar-refractivity contribution in [1.82, 2.24) is 30.0 Å². The smallest absolute Gasteiger partial charge is 0.271 e. The number of rotatable bonds is 6. The molecule has 0 aliphatic heterocycles. The number of thioether (sulfide) groups is 1. The van der Waals surface area contributed by atoms with Gasteiger partial charge in [-0.05, 0) is 49.2 Å². The summed E-state index contributed by atoms with van der Waals surface area (Å²) in [6, 6.07) is 16.2. The summed E-state index contributed by atoms with van der Waals surface area (Å²) >= 11 is 1.23. The lowest BCUT2D eigenvalue weighted by Gasteiger charge is -2.15. The van der Waals surface area contributed by atoms with Crippen LogP contribution in [0.15, 0.2) is 53.7 Å². The van der Waals surface area contributed by atoms with E-state index in [0.29, 0.717) is 11.1 Å². The number of fused-ring (bicyclic) bond motifs is 1. The van der Waals surface area contributed by atoms with Crippen LogP contribution in [0.25, 0.3) is 16.7 Å². The van der Waals surface area contributed by atoms with Crippen molar-refractivity contribution >= 4 is 28.4 Å². The Hall–Kier alpha value is -3.33. The highest BCUT2D eigenvalue weighted by Gasteiger charge is 2.17. The minimum Gasteiger partial charge on any atom is -0.349 e. The molecule has 0 aliphatic carbocycles. The van der Waals surface area contributed by atoms with Gasteiger partial charge in [-0.15, -0.1) is 10.2 Å². The van der Waals surface area contributed by atoms with Crippen LogP contribution in [0.1, 0.15) is 29.9 Å². The maximum absolute atomic E-state index is 12.5. The lowest BCUT2D eigenvalue weighted by molar-refractivity contribution is -0.119. The third-order valence-electron chi connectivity index (χ3n) is 4.83. The summed E-state index contributed by atoms with van der Waals surface area (Å²) in [4.78, 5) is 12.5. The molecule has 0 bridgehead atoms. The van der Waals surface area contributed by atoms with Crippen molar-refractivity contribution in [2.75, 3.05) is 11.6 Å². The van der Waals surface area contributed by atoms with Gasteiger partial charge in [0, 0.05) is 5.69 Å². The average molecular weight is 422 g/mol. The standard InChI is InChI=1S/C21H23N7OS/c1-13-10-14(2)28(26-13)20-24-25-21(27(20)22)30-12-19(29)23-15(3)17-9-8-16-6-4-5-7-18(16)11-17/h4-11,15H,12,22H2,1-3H3,(H,23,29). The second kappa shape index (κ2) is 8.19. The Bertz CT molecular complexity index is 1210. The largest absolute Gasteiger partial charge is 0.349 e. The number of aromatic nitrogens is 5. The SMILES string of the molecule is Cc1cc(C)n(-c2nnc(SCC(=O)NC(C)c3ccc4ccccc4c3)n2N)n1. The monoisotopic (exact) mass is 421 g/mol. The van der Waals surface area contributed by atoms with Gasteiger partial charge in [0.05, 0.1) is 17.5 Å². The molecule has 4 aromatic rings. The summed E-state index contributed by atoms with van der Waals surface area (Å²) in [5, 5.41) is 18.4. The van der Waals surface area contributed by atoms with Gasteiger partial charge in [-0.1, -0.05) is 48.2 Å². The molecule has 154 valence electrons. The van der Waals surface area contributed by atoms with E-state index in [1.807, 2.05) is 45.0 Å². The van der Waals surface area contributed by atoms with Gasteiger partial charge in [0.1, 0.15) is 0 Å². The van der Waals surface area contributed by atoms with E-state index in [0.717, 1.165) is 22.3 Å². The third kappa shape index (κ3) is 4.02. The molecule has 0 fully saturated rings. The van der Waals surface area contributed by atoms with Crippen LogP contribution in [0.3, 0.4) is 0 Å². The van der Waals surface area contributed by atoms with Crippen molar-refractivity contribution < 1.29 is 4.79 Å². The number of nitrogens with one attached hydrogen (secondary N) is 1. The molecular weight excluding hydrogens is 398 g/mol. The van der Waals surface area contributed by atoms with Crippen LogP contribution in [0.4, 0.5) is 0 Å². The van der Waals surface area contributed by atoms with E-state index in [-0.39, 0.29) is 17.7 Å². The Kier molecular flexibility index (Phi) is 5.45. The summed E-state index contributed by atoms with van der Waals surface area (Å²) in [6.07, 6.45) is 0. The summed E-state index contributed by atoms with van der Waals surface area (Å²) < 4.78 is 2.98. The molecule has 2 aromatic heterocycles. The number of hydrogen-bond donors (Lipinski definition) is 2. The molecule has 0 saturated heterocycles. The summed E-state index contributed by atoms with van der Waals surface area (Å²) in [5.41, 5.74) is 2.83. The molecule has 1 atom stereocenters. The highest BCUT2D eigenvalue weighted by molar-refractivity contribution is 7.99. The van der Waals surface area contributed by atoms with Crippen LogP contribution in [0.2, 0.25) is 0 Å². The van der Waals surface area contributed by atoms with Crippen LogP contribution < -0.4 is 11.2 Å². The molecule has 30 heavy (non-hydrogen) atoms. The van der Waals surface area contributed by atoms with Crippen LogP contribution in [-0.4, -0.2) is 36.3 Å². The first kappa shape index (κ1) is 20.0. The fourth-order valence-electron chi connectivity index (χ4n) is 3.32. The zero-order valence-electron chi connectivity index (χ0n) is 17.0. The predicted molar refractivity (Wildman–Crippen MR) is 118 cm³/mol. The van der Waals surface area contributed by atoms with Crippen LogP contribution in [0.5, 0.6) is 0 Å². The van der Waals surface area contributed by atoms with Gasteiger partial charge in [-0.25, -0.2) is 9.36 Å². The van der Waals surface area contributed by atoms with Crippen molar-refractivity contribution in [3.8, 4) is 5.95 Å². The maximum atomic E-state index is 12.5. The summed E-state index contributed by atoms with van der Waals surface area (Å²) in [5.74, 6) is 6.62. The zero-order valence-corrected chi connectivity index (χ0v) is 17.8. The van der Waals surface area contributed by atoms with Gasteiger partial charge in [-0.2, -0.15) is 5.10 Å². The summed E-state index contributed by atoms with van der Waals surface area (Å²) in [6.45, 7) is 5.79. The highest BCUT2D eigenvalue weighted by atomic mass is 32.2. The normalized spacial score (nSPS) is 12.2. The quantitative estimate of drug-likeness (QED) is 0.366. The lowest BCUT2D eigenvalue weighted by atomic mass is 10.0. The van der Waals surface area contributed by atoms with Gasteiger partial charge >= 0.3 is 0 Å². The van der Waals surface area contributed by atoms with E-state index in [1.165, 1.54) is 21.8 Å². The van der Waals surface area contributed by atoms with Crippen LogP contribution >= 0.6 is 11.8 Å². The lowest BCUT2D eigenvalue weighted by Crippen LogP contribution is -2.28. The van der Waals surface area contributed by atoms with Crippen molar-refractivity contribution in [3.05, 3.63) is 65.5 Å². The molecule has 1 unspecified atom stereocenters. The van der Waals surface area contributed by atoms with E-state index >= 15 is 0 Å². The molecule has 3 N–H and O–H groups in total. The zero-order chi connectivity index (χ0) is 21.3. The Morgan fingerprint density at radius 1 is 1.13 bits per heavy atom. The van der Waals surface area contributed by atoms with Gasteiger partial charge in [0.15, 0.2) is 0 Å². The first-order valence-electron chi connectivity index (χ1n) is 9.57. The van der Waals surface area contributed by atoms with Gasteiger partial charge < -0.3 is 11.2 Å². The molecule has 2 heterocycles. The number of carbonyl (C=O) groups is 1. The molecule has 9 heteroatoms. The van der Waals surface area contributed by atoms with E-state index in [9.17, 15) is 4.79 Å². The number of hydrogen-bond acceptors (Lipinski definition) is 6. The highest BCUT2D eigenvalue weighted by Crippen LogP contribution is 2.21. The molecule has 0 saturated carbocycles. The molecule has 1 amide bonds. The van der Waals surface area contributed by atoms with Crippen LogP contribution in [-0.2, 0) is 4.79 Å². The first-order chi connectivity index (χ1) is 14.4. The van der Waals surface area contributed by atoms with Crippen molar-refractivity contribution in [1.29, 1.82) is 0 Å². The summed E-state index contributed by atoms with van der Waals surface area (Å²) in [7, 11) is 0. The molecule has 4 rings (SSSR count). The molecule has 0 aliphatic rings. The van der Waals surface area contributed by atoms with E-state index in [1.54, 1.807) is 4.68 Å². The number of nitrogens with two attached hydrogens (primary N) is 1. The minimum atomic E-state index is -0.108. The number of benzene rings is 2. The first-order valence-corrected chi connectivity index (χ1v) is 10.6. The molecule has 0 radical (unpaired) electrons. The fourth-order valence-corrected chi connectivity index (χ4v) is 3.98. The van der Waals surface area contributed by atoms with E-state index < -0.39 is 0 Å². The molecule has 8 nitrogen and oxygen atoms in total. The number of aryl methyl sites for hydroxylation is 2. The second-order valence-electron chi connectivity index (χ2n) is 7.18. The molecule has 0 spiro atoms. The second-order valence-corrected chi connectivity index (χ2v) is 8.12. The van der Waals surface area contributed by atoms with Crippen molar-refractivity contribution in [3.63, 3.8) is 0 Å². The van der Waals surface area contributed by atoms with Crippen LogP contribution in [0, 0.1) is 13.8 Å². The average Bonchev–Trinajstić information content (AvgIpc) is 3.26. The van der Waals surface area contributed by atoms with Gasteiger partial charge in [0.25, 0.3) is 5.95 Å². The topological polar surface area (TPSA) is 104 Å². The van der Waals surface area contributed by atoms with E-state index in [4.69, 9.17) is 5.84 Å². The Morgan fingerprint density at radius 3 is 2.63 bits per heavy atom. The maximum Gasteiger partial charge on any atom is 0.271 e. The van der Waals surface area contributed by atoms with Gasteiger partial charge in [0.2, 0.25) is 11.1 Å². The number of nitrogens with zero attached hydrogens (tertiary/aromatic N) is 5. The molecular formula is C21H23N7OS. The minimum absolute atomic E-state index is 0.101. The van der Waals surface area contributed by atoms with Gasteiger partial charge in [-0.3, -0.25) is 4.79 Å².